The lowest BCUT2D eigenvalue weighted by molar-refractivity contribution is -0.141. The molecule has 0 spiro atoms. The van der Waals surface area contributed by atoms with Crippen LogP contribution in [-0.2, 0) is 16.1 Å². The van der Waals surface area contributed by atoms with Gasteiger partial charge in [-0.05, 0) is 74.7 Å². The van der Waals surface area contributed by atoms with Crippen molar-refractivity contribution in [3.63, 3.8) is 0 Å². The molecular formula is C25H35N3O4. The minimum atomic E-state index is -0.834. The zero-order valence-corrected chi connectivity index (χ0v) is 19.2. The minimum absolute atomic E-state index is 0.201. The van der Waals surface area contributed by atoms with Gasteiger partial charge in [0.05, 0.1) is 6.04 Å². The number of hydrogen-bond donors (Lipinski definition) is 2. The molecule has 7 heteroatoms. The number of carbonyl (C=O) groups excluding carboxylic acids is 2. The highest BCUT2D eigenvalue weighted by molar-refractivity contribution is 6.00. The number of amides is 2. The summed E-state index contributed by atoms with van der Waals surface area (Å²) in [4.78, 5) is 28.2. The number of carbonyl (C=O) groups is 2. The van der Waals surface area contributed by atoms with Gasteiger partial charge in [-0.25, -0.2) is 0 Å². The third-order valence-electron chi connectivity index (χ3n) is 8.00. The Morgan fingerprint density at radius 3 is 2.66 bits per heavy atom. The van der Waals surface area contributed by atoms with Crippen LogP contribution in [0.5, 0.6) is 5.75 Å². The van der Waals surface area contributed by atoms with E-state index in [1.165, 1.54) is 25.7 Å². The first-order chi connectivity index (χ1) is 15.3. The normalized spacial score (nSPS) is 33.2. The van der Waals surface area contributed by atoms with Crippen LogP contribution >= 0.6 is 0 Å². The third kappa shape index (κ3) is 4.18. The summed E-state index contributed by atoms with van der Waals surface area (Å²) in [5.74, 6) is 0.287. The zero-order chi connectivity index (χ0) is 22.5. The first-order valence-electron chi connectivity index (χ1n) is 12.1. The van der Waals surface area contributed by atoms with Gasteiger partial charge < -0.3 is 9.84 Å². The van der Waals surface area contributed by atoms with Crippen LogP contribution in [0.2, 0.25) is 0 Å². The van der Waals surface area contributed by atoms with Crippen LogP contribution in [0.15, 0.2) is 18.2 Å². The molecule has 3 fully saturated rings. The lowest BCUT2D eigenvalue weighted by atomic mass is 9.82. The molecule has 4 atom stereocenters. The SMILES string of the molecule is CC1(C)CCN([C@H]2CCC[C@@H]2Oc2ccc3c(c2)CN(C2CCC(=O)NC2=O)C3O)CC1. The van der Waals surface area contributed by atoms with E-state index in [-0.39, 0.29) is 17.9 Å². The molecule has 0 bridgehead atoms. The van der Waals surface area contributed by atoms with Crippen LogP contribution in [0, 0.1) is 5.41 Å². The van der Waals surface area contributed by atoms with Crippen molar-refractivity contribution in [2.45, 2.75) is 89.8 Å². The second-order valence-electron chi connectivity index (χ2n) is 10.7. The third-order valence-corrected chi connectivity index (χ3v) is 8.00. The van der Waals surface area contributed by atoms with Crippen LogP contribution in [0.25, 0.3) is 0 Å². The van der Waals surface area contributed by atoms with E-state index in [0.29, 0.717) is 30.8 Å². The van der Waals surface area contributed by atoms with Crippen LogP contribution in [0.3, 0.4) is 0 Å². The number of aliphatic hydroxyl groups is 1. The quantitative estimate of drug-likeness (QED) is 0.700. The first kappa shape index (κ1) is 21.9. The van der Waals surface area contributed by atoms with Crippen molar-refractivity contribution in [2.75, 3.05) is 13.1 Å². The highest BCUT2D eigenvalue weighted by Gasteiger charge is 2.40. The van der Waals surface area contributed by atoms with E-state index in [1.807, 2.05) is 18.2 Å². The number of fused-ring (bicyclic) bond motifs is 1. The predicted octanol–water partition coefficient (Wildman–Crippen LogP) is 2.72. The van der Waals surface area contributed by atoms with Gasteiger partial charge in [0.15, 0.2) is 0 Å². The Labute approximate surface area is 190 Å². The Balaban J connectivity index is 1.26. The number of hydrogen-bond acceptors (Lipinski definition) is 6. The summed E-state index contributed by atoms with van der Waals surface area (Å²) >= 11 is 0. The molecular weight excluding hydrogens is 406 g/mol. The van der Waals surface area contributed by atoms with Crippen molar-refractivity contribution in [3.8, 4) is 5.75 Å². The molecule has 2 amide bonds. The molecule has 174 valence electrons. The first-order valence-corrected chi connectivity index (χ1v) is 12.1. The molecule has 2 N–H and O–H groups in total. The molecule has 3 aliphatic heterocycles. The summed E-state index contributed by atoms with van der Waals surface area (Å²) in [6.07, 6.45) is 6.06. The molecule has 4 aliphatic rings. The molecule has 0 radical (unpaired) electrons. The molecule has 1 saturated carbocycles. The number of likely N-dealkylation sites (tertiary alicyclic amines) is 1. The molecule has 0 aromatic heterocycles. The monoisotopic (exact) mass is 441 g/mol. The molecule has 2 saturated heterocycles. The molecule has 5 rings (SSSR count). The Kier molecular flexibility index (Phi) is 5.76. The summed E-state index contributed by atoms with van der Waals surface area (Å²) in [7, 11) is 0. The van der Waals surface area contributed by atoms with Crippen LogP contribution in [0.4, 0.5) is 0 Å². The van der Waals surface area contributed by atoms with Crippen molar-refractivity contribution in [1.82, 2.24) is 15.1 Å². The Hall–Kier alpha value is -1.96. The standard InChI is InChI=1S/C25H35N3O4/c1-25(2)10-12-27(13-11-25)19-4-3-5-21(19)32-17-6-7-18-16(14-17)15-28(24(18)31)20-8-9-22(29)26-23(20)30/h6-7,14,19-21,24,31H,3-5,8-13,15H2,1-2H3,(H,26,29,30)/t19-,20?,21-,24?/m0/s1. The second kappa shape index (κ2) is 8.43. The van der Waals surface area contributed by atoms with E-state index in [1.54, 1.807) is 4.90 Å². The molecule has 2 unspecified atom stereocenters. The van der Waals surface area contributed by atoms with Gasteiger partial charge in [-0.3, -0.25) is 24.7 Å². The average Bonchev–Trinajstić information content (AvgIpc) is 3.33. The Bertz CT molecular complexity index is 891. The summed E-state index contributed by atoms with van der Waals surface area (Å²) in [5, 5.41) is 13.2. The van der Waals surface area contributed by atoms with E-state index >= 15 is 0 Å². The molecule has 1 aromatic carbocycles. The number of imide groups is 1. The van der Waals surface area contributed by atoms with Crippen LogP contribution < -0.4 is 10.1 Å². The summed E-state index contributed by atoms with van der Waals surface area (Å²) in [5.41, 5.74) is 2.26. The zero-order valence-electron chi connectivity index (χ0n) is 19.2. The van der Waals surface area contributed by atoms with E-state index in [2.05, 4.69) is 24.1 Å². The van der Waals surface area contributed by atoms with Gasteiger partial charge in [0.1, 0.15) is 18.1 Å². The average molecular weight is 442 g/mol. The van der Waals surface area contributed by atoms with Gasteiger partial charge in [-0.1, -0.05) is 19.9 Å². The van der Waals surface area contributed by atoms with Gasteiger partial charge >= 0.3 is 0 Å². The van der Waals surface area contributed by atoms with Crippen molar-refractivity contribution in [1.29, 1.82) is 0 Å². The van der Waals surface area contributed by atoms with E-state index in [0.717, 1.165) is 36.4 Å². The van der Waals surface area contributed by atoms with Crippen molar-refractivity contribution >= 4 is 11.8 Å². The minimum Gasteiger partial charge on any atom is -0.489 e. The fourth-order valence-electron chi connectivity index (χ4n) is 5.88. The fraction of sp³-hybridized carbons (Fsp3) is 0.680. The van der Waals surface area contributed by atoms with Crippen molar-refractivity contribution in [3.05, 3.63) is 29.3 Å². The van der Waals surface area contributed by atoms with E-state index in [9.17, 15) is 14.7 Å². The molecule has 3 heterocycles. The summed E-state index contributed by atoms with van der Waals surface area (Å²) < 4.78 is 6.50. The van der Waals surface area contributed by atoms with Crippen LogP contribution in [-0.4, -0.2) is 58.0 Å². The van der Waals surface area contributed by atoms with Gasteiger partial charge in [0.25, 0.3) is 0 Å². The summed E-state index contributed by atoms with van der Waals surface area (Å²) in [6.45, 7) is 7.51. The maximum atomic E-state index is 12.3. The maximum absolute atomic E-state index is 12.3. The van der Waals surface area contributed by atoms with E-state index in [4.69, 9.17) is 4.74 Å². The number of piperidine rings is 2. The Morgan fingerprint density at radius 2 is 1.91 bits per heavy atom. The fourth-order valence-corrected chi connectivity index (χ4v) is 5.88. The predicted molar refractivity (Wildman–Crippen MR) is 120 cm³/mol. The lowest BCUT2D eigenvalue weighted by Gasteiger charge is -2.41. The molecule has 1 aliphatic carbocycles. The van der Waals surface area contributed by atoms with Gasteiger partial charge in [-0.2, -0.15) is 0 Å². The second-order valence-corrected chi connectivity index (χ2v) is 10.7. The maximum Gasteiger partial charge on any atom is 0.244 e. The van der Waals surface area contributed by atoms with Gasteiger partial charge in [0.2, 0.25) is 11.8 Å². The molecule has 32 heavy (non-hydrogen) atoms. The Morgan fingerprint density at radius 1 is 1.12 bits per heavy atom. The number of nitrogens with zero attached hydrogens (tertiary/aromatic N) is 2. The lowest BCUT2D eigenvalue weighted by Crippen LogP contribution is -2.51. The largest absolute Gasteiger partial charge is 0.489 e. The smallest absolute Gasteiger partial charge is 0.244 e. The van der Waals surface area contributed by atoms with E-state index < -0.39 is 12.3 Å². The summed E-state index contributed by atoms with van der Waals surface area (Å²) in [6, 6.07) is 5.89. The highest BCUT2D eigenvalue weighted by atomic mass is 16.5. The topological polar surface area (TPSA) is 82.1 Å². The van der Waals surface area contributed by atoms with Crippen molar-refractivity contribution in [2.24, 2.45) is 5.41 Å². The number of ether oxygens (including phenoxy) is 1. The number of aliphatic hydroxyl groups excluding tert-OH is 1. The number of benzene rings is 1. The molecule has 7 nitrogen and oxygen atoms in total. The van der Waals surface area contributed by atoms with Crippen LogP contribution in [0.1, 0.15) is 76.1 Å². The number of rotatable bonds is 4. The van der Waals surface area contributed by atoms with Gasteiger partial charge in [0, 0.05) is 24.6 Å². The highest BCUT2D eigenvalue weighted by Crippen LogP contribution is 2.39. The number of nitrogens with one attached hydrogen (secondary N) is 1. The molecule has 1 aromatic rings. The van der Waals surface area contributed by atoms with Gasteiger partial charge in [-0.15, -0.1) is 0 Å². The van der Waals surface area contributed by atoms with Crippen molar-refractivity contribution < 1.29 is 19.4 Å².